The maximum absolute atomic E-state index is 13.6. The summed E-state index contributed by atoms with van der Waals surface area (Å²) in [5.74, 6) is -0.362. The first-order valence-electron chi connectivity index (χ1n) is 10.6. The van der Waals surface area contributed by atoms with E-state index in [1.807, 2.05) is 4.68 Å². The number of carbonyl (C=O) groups is 1. The SMILES string of the molecule is COCCn1nc(-c2cocn2)c2c1CCN(C(=O)C1(S(=O)(=O)c3ccc(Cl)cc3)CC1)C2. The Morgan fingerprint density at radius 1 is 1.27 bits per heavy atom. The van der Waals surface area contributed by atoms with Gasteiger partial charge in [0.15, 0.2) is 21.0 Å². The standard InChI is InChI=1S/C22H23ClN4O5S/c1-31-11-10-27-19-6-9-26(12-17(19)20(25-27)18-13-32-14-24-18)21(28)22(7-8-22)33(29,30)16-4-2-15(23)3-5-16/h2-5,13-14H,6-12H2,1H3. The molecule has 2 aromatic heterocycles. The highest BCUT2D eigenvalue weighted by Gasteiger charge is 2.62. The van der Waals surface area contributed by atoms with Gasteiger partial charge in [0.1, 0.15) is 17.7 Å². The number of ether oxygens (including phenoxy) is 1. The third-order valence-electron chi connectivity index (χ3n) is 6.34. The topological polar surface area (TPSA) is 108 Å². The first-order valence-corrected chi connectivity index (χ1v) is 12.5. The lowest BCUT2D eigenvalue weighted by Crippen LogP contribution is -2.47. The molecule has 0 N–H and O–H groups in total. The van der Waals surface area contributed by atoms with Crippen LogP contribution in [-0.2, 0) is 38.9 Å². The van der Waals surface area contributed by atoms with Crippen molar-refractivity contribution in [1.82, 2.24) is 19.7 Å². The molecule has 1 aliphatic carbocycles. The summed E-state index contributed by atoms with van der Waals surface area (Å²) >= 11 is 5.92. The van der Waals surface area contributed by atoms with E-state index in [0.29, 0.717) is 55.4 Å². The van der Waals surface area contributed by atoms with Crippen molar-refractivity contribution < 1.29 is 22.4 Å². The van der Waals surface area contributed by atoms with Gasteiger partial charge in [-0.15, -0.1) is 0 Å². The maximum Gasteiger partial charge on any atom is 0.244 e. The fraction of sp³-hybridized carbons (Fsp3) is 0.409. The monoisotopic (exact) mass is 490 g/mol. The molecule has 5 rings (SSSR count). The lowest BCUT2D eigenvalue weighted by atomic mass is 10.0. The molecule has 0 spiro atoms. The molecule has 1 fully saturated rings. The number of amides is 1. The van der Waals surface area contributed by atoms with Crippen LogP contribution in [0.15, 0.2) is 46.2 Å². The number of sulfone groups is 1. The molecule has 0 radical (unpaired) electrons. The number of hydrogen-bond acceptors (Lipinski definition) is 7. The number of oxazole rings is 1. The van der Waals surface area contributed by atoms with Crippen LogP contribution in [0.2, 0.25) is 5.02 Å². The Balaban J connectivity index is 1.46. The summed E-state index contributed by atoms with van der Waals surface area (Å²) in [7, 11) is -2.21. The Kier molecular flexibility index (Phi) is 5.54. The van der Waals surface area contributed by atoms with Crippen molar-refractivity contribution in [2.45, 2.75) is 42.0 Å². The average Bonchev–Trinajstić information content (AvgIpc) is 3.32. The largest absolute Gasteiger partial charge is 0.451 e. The smallest absolute Gasteiger partial charge is 0.244 e. The Hall–Kier alpha value is -2.69. The molecule has 1 amide bonds. The van der Waals surface area contributed by atoms with Gasteiger partial charge in [0.05, 0.1) is 18.0 Å². The van der Waals surface area contributed by atoms with E-state index in [-0.39, 0.29) is 17.3 Å². The van der Waals surface area contributed by atoms with E-state index >= 15 is 0 Å². The van der Waals surface area contributed by atoms with Crippen LogP contribution in [0.4, 0.5) is 0 Å². The number of rotatable bonds is 7. The maximum atomic E-state index is 13.6. The van der Waals surface area contributed by atoms with E-state index in [1.54, 1.807) is 12.0 Å². The molecule has 33 heavy (non-hydrogen) atoms. The van der Waals surface area contributed by atoms with Gasteiger partial charge in [-0.05, 0) is 37.1 Å². The minimum atomic E-state index is -3.84. The van der Waals surface area contributed by atoms with Gasteiger partial charge in [-0.2, -0.15) is 5.10 Å². The van der Waals surface area contributed by atoms with Crippen LogP contribution in [0, 0.1) is 0 Å². The molecule has 11 heteroatoms. The highest BCUT2D eigenvalue weighted by Crippen LogP contribution is 2.49. The lowest BCUT2D eigenvalue weighted by Gasteiger charge is -2.31. The van der Waals surface area contributed by atoms with Crippen molar-refractivity contribution in [2.24, 2.45) is 0 Å². The minimum absolute atomic E-state index is 0.117. The van der Waals surface area contributed by atoms with Gasteiger partial charge in [-0.3, -0.25) is 9.48 Å². The zero-order valence-corrected chi connectivity index (χ0v) is 19.6. The number of halogens is 1. The Bertz CT molecular complexity index is 1280. The first kappa shape index (κ1) is 22.1. The fourth-order valence-electron chi connectivity index (χ4n) is 4.40. The zero-order valence-electron chi connectivity index (χ0n) is 18.0. The molecule has 2 aliphatic rings. The second kappa shape index (κ2) is 8.27. The summed E-state index contributed by atoms with van der Waals surface area (Å²) < 4.78 is 37.6. The Labute approximate surface area is 196 Å². The third-order valence-corrected chi connectivity index (χ3v) is 9.09. The molecular weight excluding hydrogens is 468 g/mol. The number of methoxy groups -OCH3 is 1. The van der Waals surface area contributed by atoms with Crippen LogP contribution >= 0.6 is 11.6 Å². The van der Waals surface area contributed by atoms with Gasteiger partial charge >= 0.3 is 0 Å². The van der Waals surface area contributed by atoms with Gasteiger partial charge in [-0.25, -0.2) is 13.4 Å². The van der Waals surface area contributed by atoms with Crippen LogP contribution in [-0.4, -0.2) is 59.0 Å². The van der Waals surface area contributed by atoms with Crippen LogP contribution in [0.3, 0.4) is 0 Å². The second-order valence-corrected chi connectivity index (χ2v) is 11.0. The molecule has 0 bridgehead atoms. The number of aromatic nitrogens is 3. The fourth-order valence-corrected chi connectivity index (χ4v) is 6.47. The lowest BCUT2D eigenvalue weighted by molar-refractivity contribution is -0.132. The van der Waals surface area contributed by atoms with E-state index in [9.17, 15) is 13.2 Å². The molecule has 1 aromatic carbocycles. The number of benzene rings is 1. The van der Waals surface area contributed by atoms with Crippen molar-refractivity contribution >= 4 is 27.3 Å². The van der Waals surface area contributed by atoms with Crippen molar-refractivity contribution in [3.8, 4) is 11.4 Å². The first-order chi connectivity index (χ1) is 15.9. The number of fused-ring (bicyclic) bond motifs is 1. The van der Waals surface area contributed by atoms with Gasteiger partial charge < -0.3 is 14.1 Å². The van der Waals surface area contributed by atoms with Crippen LogP contribution in [0.5, 0.6) is 0 Å². The molecule has 0 unspecified atom stereocenters. The number of hydrogen-bond donors (Lipinski definition) is 0. The summed E-state index contributed by atoms with van der Waals surface area (Å²) in [4.78, 5) is 19.6. The summed E-state index contributed by atoms with van der Waals surface area (Å²) in [6, 6.07) is 5.98. The second-order valence-electron chi connectivity index (χ2n) is 8.29. The normalized spacial score (nSPS) is 17.1. The van der Waals surface area contributed by atoms with Crippen LogP contribution < -0.4 is 0 Å². The predicted octanol–water partition coefficient (Wildman–Crippen LogP) is 2.73. The van der Waals surface area contributed by atoms with E-state index in [1.165, 1.54) is 36.9 Å². The molecule has 3 heterocycles. The molecule has 3 aromatic rings. The molecule has 1 aliphatic heterocycles. The Morgan fingerprint density at radius 3 is 2.67 bits per heavy atom. The summed E-state index contributed by atoms with van der Waals surface area (Å²) in [6.07, 6.45) is 4.02. The summed E-state index contributed by atoms with van der Waals surface area (Å²) in [5, 5.41) is 5.14. The van der Waals surface area contributed by atoms with Gasteiger partial charge in [-0.1, -0.05) is 11.6 Å². The molecule has 9 nitrogen and oxygen atoms in total. The predicted molar refractivity (Wildman–Crippen MR) is 119 cm³/mol. The van der Waals surface area contributed by atoms with E-state index in [2.05, 4.69) is 4.98 Å². The summed E-state index contributed by atoms with van der Waals surface area (Å²) in [5.41, 5.74) is 3.07. The molecule has 0 saturated heterocycles. The van der Waals surface area contributed by atoms with Gasteiger partial charge in [0.2, 0.25) is 5.91 Å². The number of carbonyl (C=O) groups excluding carboxylic acids is 1. The molecule has 0 atom stereocenters. The van der Waals surface area contributed by atoms with Crippen molar-refractivity contribution in [2.75, 3.05) is 20.3 Å². The Morgan fingerprint density at radius 2 is 2.03 bits per heavy atom. The van der Waals surface area contributed by atoms with Crippen LogP contribution in [0.25, 0.3) is 11.4 Å². The minimum Gasteiger partial charge on any atom is -0.451 e. The third kappa shape index (κ3) is 3.66. The van der Waals surface area contributed by atoms with E-state index < -0.39 is 14.6 Å². The van der Waals surface area contributed by atoms with Crippen molar-refractivity contribution in [3.63, 3.8) is 0 Å². The van der Waals surface area contributed by atoms with Crippen molar-refractivity contribution in [3.05, 3.63) is 53.2 Å². The zero-order chi connectivity index (χ0) is 23.2. The molecule has 1 saturated carbocycles. The van der Waals surface area contributed by atoms with Crippen molar-refractivity contribution in [1.29, 1.82) is 0 Å². The van der Waals surface area contributed by atoms with Gasteiger partial charge in [0, 0.05) is 42.9 Å². The van der Waals surface area contributed by atoms with Crippen LogP contribution in [0.1, 0.15) is 24.1 Å². The summed E-state index contributed by atoms with van der Waals surface area (Å²) in [6.45, 7) is 1.75. The van der Waals surface area contributed by atoms with Gasteiger partial charge in [0.25, 0.3) is 0 Å². The number of nitrogens with zero attached hydrogens (tertiary/aromatic N) is 4. The average molecular weight is 491 g/mol. The van der Waals surface area contributed by atoms with E-state index in [4.69, 9.17) is 25.9 Å². The highest BCUT2D eigenvalue weighted by atomic mass is 35.5. The van der Waals surface area contributed by atoms with E-state index in [0.717, 1.165) is 11.3 Å². The molecule has 174 valence electrons. The highest BCUT2D eigenvalue weighted by molar-refractivity contribution is 7.94. The molecular formula is C22H23ClN4O5S. The quantitative estimate of drug-likeness (QED) is 0.501.